The molecule has 1 heterocycles. The number of carbonyl (C=O) groups excluding carboxylic acids is 6. The lowest BCUT2D eigenvalue weighted by atomic mass is 9.98. The first-order chi connectivity index (χ1) is 20.7. The zero-order chi connectivity index (χ0) is 32.6. The van der Waals surface area contributed by atoms with Gasteiger partial charge in [0.1, 0.15) is 29.8 Å². The molecule has 2 unspecified atom stereocenters. The normalized spacial score (nSPS) is 17.9. The molecule has 0 saturated carbocycles. The van der Waals surface area contributed by atoms with Gasteiger partial charge in [-0.15, -0.1) is 0 Å². The summed E-state index contributed by atoms with van der Waals surface area (Å²) in [6.45, 7) is 8.70. The number of hydrogen-bond donors (Lipinski definition) is 4. The summed E-state index contributed by atoms with van der Waals surface area (Å²) in [4.78, 5) is 79.1. The van der Waals surface area contributed by atoms with E-state index in [9.17, 15) is 28.8 Å². The van der Waals surface area contributed by atoms with Gasteiger partial charge in [0.25, 0.3) is 0 Å². The zero-order valence-electron chi connectivity index (χ0n) is 26.2. The molecule has 5 amide bonds. The van der Waals surface area contributed by atoms with Crippen LogP contribution in [0.3, 0.4) is 0 Å². The highest BCUT2D eigenvalue weighted by Gasteiger charge is 2.40. The summed E-state index contributed by atoms with van der Waals surface area (Å²) >= 11 is 0. The van der Waals surface area contributed by atoms with Crippen molar-refractivity contribution >= 4 is 41.1 Å². The molecule has 1 aliphatic carbocycles. The molecule has 4 atom stereocenters. The number of amides is 5. The lowest BCUT2D eigenvalue weighted by Gasteiger charge is -2.31. The number of likely N-dealkylation sites (tertiary alicyclic amines) is 1. The number of fused-ring (bicyclic) bond motifs is 1. The van der Waals surface area contributed by atoms with Gasteiger partial charge in [0, 0.05) is 19.4 Å². The van der Waals surface area contributed by atoms with Gasteiger partial charge >= 0.3 is 5.97 Å². The number of nitrogens with one attached hydrogen (secondary N) is 3. The van der Waals surface area contributed by atoms with Crippen molar-refractivity contribution in [3.63, 3.8) is 0 Å². The second-order valence-corrected chi connectivity index (χ2v) is 12.2. The quantitative estimate of drug-likeness (QED) is 0.244. The van der Waals surface area contributed by atoms with Gasteiger partial charge in [0.05, 0.1) is 6.42 Å². The molecule has 1 fully saturated rings. The molecule has 1 aliphatic heterocycles. The van der Waals surface area contributed by atoms with E-state index in [0.29, 0.717) is 25.7 Å². The van der Waals surface area contributed by atoms with Gasteiger partial charge in [-0.05, 0) is 63.2 Å². The third-order valence-corrected chi connectivity index (χ3v) is 7.64. The first kappa shape index (κ1) is 34.3. The summed E-state index contributed by atoms with van der Waals surface area (Å²) < 4.78 is 5.38. The summed E-state index contributed by atoms with van der Waals surface area (Å²) in [5.74, 6) is -3.48. The predicted molar refractivity (Wildman–Crippen MR) is 164 cm³/mol. The molecule has 5 N–H and O–H groups in total. The Morgan fingerprint density at radius 1 is 1.00 bits per heavy atom. The van der Waals surface area contributed by atoms with Crippen LogP contribution in [0.4, 0.5) is 0 Å². The van der Waals surface area contributed by atoms with Crippen LogP contribution in [0.1, 0.15) is 84.3 Å². The van der Waals surface area contributed by atoms with Crippen molar-refractivity contribution in [1.29, 1.82) is 0 Å². The Bertz CT molecular complexity index is 1300. The maximum absolute atomic E-state index is 14.1. The Kier molecular flexibility index (Phi) is 11.7. The Morgan fingerprint density at radius 3 is 2.34 bits per heavy atom. The van der Waals surface area contributed by atoms with Gasteiger partial charge in [-0.1, -0.05) is 44.2 Å². The Morgan fingerprint density at radius 2 is 1.70 bits per heavy atom. The number of esters is 1. The van der Waals surface area contributed by atoms with Crippen LogP contribution >= 0.6 is 0 Å². The molecule has 2 aliphatic rings. The lowest BCUT2D eigenvalue weighted by molar-refractivity contribution is -0.156. The van der Waals surface area contributed by atoms with Crippen molar-refractivity contribution in [3.8, 4) is 0 Å². The van der Waals surface area contributed by atoms with Gasteiger partial charge in [0.2, 0.25) is 29.5 Å². The summed E-state index contributed by atoms with van der Waals surface area (Å²) in [6.07, 6.45) is 3.70. The fourth-order valence-corrected chi connectivity index (χ4v) is 5.44. The van der Waals surface area contributed by atoms with Crippen LogP contribution in [-0.2, 0) is 39.9 Å². The van der Waals surface area contributed by atoms with E-state index >= 15 is 0 Å². The van der Waals surface area contributed by atoms with Crippen molar-refractivity contribution in [2.75, 3.05) is 6.54 Å². The van der Waals surface area contributed by atoms with Gasteiger partial charge in [0.15, 0.2) is 0 Å². The highest BCUT2D eigenvalue weighted by atomic mass is 16.6. The number of hydrogen-bond acceptors (Lipinski definition) is 7. The molecule has 0 radical (unpaired) electrons. The summed E-state index contributed by atoms with van der Waals surface area (Å²) in [5.41, 5.74) is 7.53. The highest BCUT2D eigenvalue weighted by molar-refractivity contribution is 5.97. The molecule has 240 valence electrons. The number of benzene rings is 1. The third kappa shape index (κ3) is 9.14. The molecule has 1 aromatic rings. The molecule has 3 rings (SSSR count). The van der Waals surface area contributed by atoms with Gasteiger partial charge in [-0.25, -0.2) is 0 Å². The Hall–Kier alpha value is -4.22. The van der Waals surface area contributed by atoms with E-state index in [2.05, 4.69) is 16.0 Å². The number of primary amides is 1. The van der Waals surface area contributed by atoms with Crippen LogP contribution in [0.2, 0.25) is 0 Å². The third-order valence-electron chi connectivity index (χ3n) is 7.64. The number of ether oxygens (including phenoxy) is 1. The largest absolute Gasteiger partial charge is 0.460 e. The minimum absolute atomic E-state index is 0.0821. The van der Waals surface area contributed by atoms with Crippen molar-refractivity contribution in [1.82, 2.24) is 20.9 Å². The van der Waals surface area contributed by atoms with E-state index in [1.54, 1.807) is 34.6 Å². The molecule has 1 saturated heterocycles. The van der Waals surface area contributed by atoms with E-state index in [0.717, 1.165) is 16.7 Å². The first-order valence-corrected chi connectivity index (χ1v) is 15.2. The van der Waals surface area contributed by atoms with E-state index in [1.165, 1.54) is 4.90 Å². The molecular formula is C32H45N5O7. The fraction of sp³-hybridized carbons (Fsp3) is 0.562. The maximum Gasteiger partial charge on any atom is 0.308 e. The molecule has 0 spiro atoms. The summed E-state index contributed by atoms with van der Waals surface area (Å²) in [5, 5.41) is 7.99. The molecule has 0 aromatic heterocycles. The van der Waals surface area contributed by atoms with Crippen molar-refractivity contribution in [2.45, 2.75) is 109 Å². The second-order valence-electron chi connectivity index (χ2n) is 12.2. The molecule has 0 bridgehead atoms. The van der Waals surface area contributed by atoms with Gasteiger partial charge in [-0.2, -0.15) is 0 Å². The molecular weight excluding hydrogens is 566 g/mol. The van der Waals surface area contributed by atoms with Crippen LogP contribution in [0.15, 0.2) is 30.3 Å². The maximum atomic E-state index is 14.1. The molecule has 44 heavy (non-hydrogen) atoms. The summed E-state index contributed by atoms with van der Waals surface area (Å²) in [6, 6.07) is 3.67. The fourth-order valence-electron chi connectivity index (χ4n) is 5.44. The van der Waals surface area contributed by atoms with E-state index in [-0.39, 0.29) is 19.4 Å². The minimum Gasteiger partial charge on any atom is -0.460 e. The molecule has 12 heteroatoms. The Balaban J connectivity index is 1.88. The zero-order valence-corrected chi connectivity index (χ0v) is 26.2. The number of rotatable bonds is 13. The average Bonchev–Trinajstić information content (AvgIpc) is 3.61. The van der Waals surface area contributed by atoms with Crippen LogP contribution < -0.4 is 21.7 Å². The van der Waals surface area contributed by atoms with Crippen LogP contribution in [-0.4, -0.2) is 76.7 Å². The first-order valence-electron chi connectivity index (χ1n) is 15.2. The van der Waals surface area contributed by atoms with Crippen LogP contribution in [0.5, 0.6) is 0 Å². The standard InChI is InChI=1S/C32H45N5O7/c1-6-22(28(33)40)35-30(42)25-13-10-16-37(25)31(43)24(17-20-15-14-19-11-8-9-12-21(19)20)36-29(41)23(34-26(38)7-2)18-27(39)44-32(3,4)5/h8-9,11-12,15,22-25H,6-7,10,13-14,16-18H2,1-5H3,(H2,33,40)(H,34,38)(H,35,42)(H,36,41)/t22?,23-,24+,25?/m0/s1. The highest BCUT2D eigenvalue weighted by Crippen LogP contribution is 2.31. The van der Waals surface area contributed by atoms with E-state index in [4.69, 9.17) is 10.5 Å². The van der Waals surface area contributed by atoms with E-state index < -0.39 is 71.7 Å². The molecule has 12 nitrogen and oxygen atoms in total. The number of carbonyl (C=O) groups is 6. The number of nitrogens with zero attached hydrogens (tertiary/aromatic N) is 1. The average molecular weight is 612 g/mol. The second kappa shape index (κ2) is 15.0. The van der Waals surface area contributed by atoms with Crippen molar-refractivity contribution < 1.29 is 33.5 Å². The minimum atomic E-state index is -1.28. The Labute approximate surface area is 258 Å². The number of nitrogens with two attached hydrogens (primary N) is 1. The predicted octanol–water partition coefficient (Wildman–Crippen LogP) is 1.50. The smallest absolute Gasteiger partial charge is 0.308 e. The summed E-state index contributed by atoms with van der Waals surface area (Å²) in [7, 11) is 0. The number of allylic oxidation sites excluding steroid dienone is 1. The molecule has 1 aromatic carbocycles. The van der Waals surface area contributed by atoms with Crippen molar-refractivity contribution in [3.05, 3.63) is 41.5 Å². The lowest BCUT2D eigenvalue weighted by Crippen LogP contribution is -2.58. The van der Waals surface area contributed by atoms with Crippen LogP contribution in [0.25, 0.3) is 5.57 Å². The van der Waals surface area contributed by atoms with E-state index in [1.807, 2.05) is 30.3 Å². The van der Waals surface area contributed by atoms with Gasteiger partial charge < -0.3 is 31.3 Å². The SMILES string of the molecule is CCC(=O)N[C@@H](CC(=O)OC(C)(C)C)C(=O)N[C@H](CC1=CCc2ccccc21)C(=O)N1CCCC1C(=O)NC(CC)C(N)=O. The van der Waals surface area contributed by atoms with Crippen molar-refractivity contribution in [2.24, 2.45) is 5.73 Å². The van der Waals surface area contributed by atoms with Gasteiger partial charge in [-0.3, -0.25) is 28.8 Å². The monoisotopic (exact) mass is 611 g/mol. The topological polar surface area (TPSA) is 177 Å². The van der Waals surface area contributed by atoms with Crippen LogP contribution in [0, 0.1) is 0 Å².